The Morgan fingerprint density at radius 3 is 2.67 bits per heavy atom. The van der Waals surface area contributed by atoms with E-state index in [0.717, 1.165) is 42.4 Å². The minimum absolute atomic E-state index is 0.0610. The predicted molar refractivity (Wildman–Crippen MR) is 176 cm³/mol. The molecule has 4 heterocycles. The van der Waals surface area contributed by atoms with Gasteiger partial charge in [0.25, 0.3) is 5.91 Å². The van der Waals surface area contributed by atoms with Crippen molar-refractivity contribution in [3.8, 4) is 5.75 Å². The van der Waals surface area contributed by atoms with E-state index < -0.39 is 50.4 Å². The van der Waals surface area contributed by atoms with E-state index in [2.05, 4.69) is 9.62 Å². The number of benzene rings is 2. The van der Waals surface area contributed by atoms with Crippen LogP contribution in [0.2, 0.25) is 5.02 Å². The zero-order chi connectivity index (χ0) is 33.0. The molecule has 0 saturated carbocycles. The average Bonchev–Trinajstić information content (AvgIpc) is 3.42. The van der Waals surface area contributed by atoms with Crippen molar-refractivity contribution in [3.63, 3.8) is 0 Å². The molecule has 1 N–H and O–H groups in total. The molecule has 0 unspecified atom stereocenters. The van der Waals surface area contributed by atoms with Crippen molar-refractivity contribution in [1.29, 1.82) is 0 Å². The lowest BCUT2D eigenvalue weighted by Crippen LogP contribution is -2.58. The number of carbonyl (C=O) groups is 2. The first-order valence-electron chi connectivity index (χ1n) is 16.1. The van der Waals surface area contributed by atoms with E-state index >= 15 is 4.39 Å². The quantitative estimate of drug-likeness (QED) is 0.447. The average molecular weight is 673 g/mol. The maximum absolute atomic E-state index is 16.7. The molecule has 2 aromatic carbocycles. The molecular weight excluding hydrogens is 631 g/mol. The van der Waals surface area contributed by atoms with Gasteiger partial charge in [-0.15, -0.1) is 0 Å². The number of aryl methyl sites for hydroxylation is 1. The van der Waals surface area contributed by atoms with Crippen LogP contribution in [-0.2, 0) is 33.4 Å². The molecule has 7 bridgehead atoms. The van der Waals surface area contributed by atoms with Crippen molar-refractivity contribution >= 4 is 39.1 Å². The summed E-state index contributed by atoms with van der Waals surface area (Å²) in [5.41, 5.74) is 3.02. The third kappa shape index (κ3) is 5.79. The van der Waals surface area contributed by atoms with Crippen LogP contribution in [-0.4, -0.2) is 75.1 Å². The van der Waals surface area contributed by atoms with Crippen molar-refractivity contribution in [2.75, 3.05) is 38.6 Å². The van der Waals surface area contributed by atoms with E-state index in [1.165, 1.54) is 17.9 Å². The van der Waals surface area contributed by atoms with E-state index in [0.29, 0.717) is 42.5 Å². The number of ether oxygens (including phenoxy) is 1. The maximum atomic E-state index is 16.7. The van der Waals surface area contributed by atoms with Crippen LogP contribution in [0.4, 0.5) is 10.1 Å². The van der Waals surface area contributed by atoms with Gasteiger partial charge in [0.2, 0.25) is 15.9 Å². The number of hydrogen-bond acceptors (Lipinski definition) is 7. The van der Waals surface area contributed by atoms with Crippen LogP contribution in [0.25, 0.3) is 0 Å². The van der Waals surface area contributed by atoms with E-state index in [4.69, 9.17) is 16.3 Å². The normalized spacial score (nSPS) is 29.2. The molecule has 6 rings (SSSR count). The first kappa shape index (κ1) is 32.8. The lowest BCUT2D eigenvalue weighted by atomic mass is 9.79. The smallest absolute Gasteiger partial charge is 0.264 e. The molecule has 1 fully saturated rings. The molecule has 1 spiro atoms. The highest BCUT2D eigenvalue weighted by Gasteiger charge is 2.52. The lowest BCUT2D eigenvalue weighted by Gasteiger charge is -2.47. The Hall–Kier alpha value is -3.15. The summed E-state index contributed by atoms with van der Waals surface area (Å²) in [6.07, 6.45) is 5.29. The lowest BCUT2D eigenvalue weighted by molar-refractivity contribution is -0.135. The summed E-state index contributed by atoms with van der Waals surface area (Å²) >= 11 is 6.83. The molecule has 0 aliphatic carbocycles. The highest BCUT2D eigenvalue weighted by Crippen LogP contribution is 2.49. The van der Waals surface area contributed by atoms with Gasteiger partial charge in [0.05, 0.1) is 16.5 Å². The van der Waals surface area contributed by atoms with Gasteiger partial charge in [-0.25, -0.2) is 17.5 Å². The fraction of sp³-hybridized carbons (Fsp3) is 0.529. The second-order valence-electron chi connectivity index (χ2n) is 13.4. The second-order valence-corrected chi connectivity index (χ2v) is 15.9. The molecule has 2 amide bonds. The van der Waals surface area contributed by atoms with Gasteiger partial charge in [-0.1, -0.05) is 24.6 Å². The Balaban J connectivity index is 1.66. The van der Waals surface area contributed by atoms with Crippen LogP contribution in [0, 0.1) is 5.92 Å². The summed E-state index contributed by atoms with van der Waals surface area (Å²) < 4.78 is 52.1. The first-order chi connectivity index (χ1) is 21.8. The van der Waals surface area contributed by atoms with Crippen LogP contribution < -0.4 is 14.4 Å². The van der Waals surface area contributed by atoms with Crippen LogP contribution in [0.5, 0.6) is 5.75 Å². The zero-order valence-corrected chi connectivity index (χ0v) is 28.4. The monoisotopic (exact) mass is 672 g/mol. The van der Waals surface area contributed by atoms with Crippen molar-refractivity contribution in [3.05, 3.63) is 69.5 Å². The van der Waals surface area contributed by atoms with Crippen LogP contribution in [0.15, 0.2) is 42.2 Å². The molecule has 4 atom stereocenters. The van der Waals surface area contributed by atoms with Gasteiger partial charge in [-0.3, -0.25) is 14.5 Å². The molecule has 1 saturated heterocycles. The largest absolute Gasteiger partial charge is 0.487 e. The Kier molecular flexibility index (Phi) is 8.88. The van der Waals surface area contributed by atoms with Crippen molar-refractivity contribution in [2.45, 2.75) is 75.8 Å². The maximum Gasteiger partial charge on any atom is 0.264 e. The number of sulfonamides is 1. The van der Waals surface area contributed by atoms with Gasteiger partial charge in [0.15, 0.2) is 0 Å². The Labute approximate surface area is 275 Å². The number of allylic oxidation sites excluding steroid dienone is 1. The molecule has 4 aliphatic heterocycles. The molecule has 9 nitrogen and oxygen atoms in total. The molecule has 12 heteroatoms. The number of anilines is 1. The number of amides is 2. The Bertz CT molecular complexity index is 1700. The predicted octanol–water partition coefficient (Wildman–Crippen LogP) is 5.16. The van der Waals surface area contributed by atoms with Gasteiger partial charge in [-0.2, -0.15) is 0 Å². The molecule has 46 heavy (non-hydrogen) atoms. The summed E-state index contributed by atoms with van der Waals surface area (Å²) in [6.45, 7) is 4.90. The number of fused-ring (bicyclic) bond motifs is 1. The second kappa shape index (κ2) is 12.5. The third-order valence-electron chi connectivity index (χ3n) is 10.3. The Morgan fingerprint density at radius 2 is 1.91 bits per heavy atom. The minimum atomic E-state index is -4.11. The Morgan fingerprint density at radius 1 is 1.13 bits per heavy atom. The van der Waals surface area contributed by atoms with Gasteiger partial charge in [0.1, 0.15) is 24.2 Å². The number of likely N-dealkylation sites (N-methyl/N-ethyl adjacent to an activating group) is 1. The zero-order valence-electron chi connectivity index (χ0n) is 26.8. The fourth-order valence-electron chi connectivity index (χ4n) is 7.55. The number of nitrogens with one attached hydrogen (secondary N) is 1. The highest BCUT2D eigenvalue weighted by atomic mass is 35.5. The summed E-state index contributed by atoms with van der Waals surface area (Å²) in [6, 6.07) is 7.72. The van der Waals surface area contributed by atoms with E-state index in [1.54, 1.807) is 39.2 Å². The minimum Gasteiger partial charge on any atom is -0.487 e. The third-order valence-corrected chi connectivity index (χ3v) is 12.4. The fourth-order valence-corrected chi connectivity index (χ4v) is 9.08. The molecule has 0 aromatic heterocycles. The number of hydrogen-bond donors (Lipinski definition) is 1. The van der Waals surface area contributed by atoms with Gasteiger partial charge in [0, 0.05) is 44.3 Å². The van der Waals surface area contributed by atoms with E-state index in [-0.39, 0.29) is 18.6 Å². The van der Waals surface area contributed by atoms with Crippen molar-refractivity contribution < 1.29 is 27.1 Å². The van der Waals surface area contributed by atoms with Gasteiger partial charge >= 0.3 is 0 Å². The molecule has 4 aliphatic rings. The van der Waals surface area contributed by atoms with Gasteiger partial charge < -0.3 is 14.5 Å². The summed E-state index contributed by atoms with van der Waals surface area (Å²) in [4.78, 5) is 33.0. The number of nitrogens with zero attached hydrogens (tertiary/aromatic N) is 3. The van der Waals surface area contributed by atoms with Crippen LogP contribution in [0.3, 0.4) is 0 Å². The van der Waals surface area contributed by atoms with Crippen molar-refractivity contribution in [1.82, 2.24) is 14.5 Å². The number of halogens is 2. The summed E-state index contributed by atoms with van der Waals surface area (Å²) in [5.74, 6) is -1.73. The molecule has 0 radical (unpaired) electrons. The summed E-state index contributed by atoms with van der Waals surface area (Å²) in [7, 11) is -0.856. The number of carbonyl (C=O) groups excluding carboxylic acids is 2. The molecular formula is C34H42ClFN4O5S. The van der Waals surface area contributed by atoms with Gasteiger partial charge in [-0.05, 0) is 98.4 Å². The van der Waals surface area contributed by atoms with Crippen LogP contribution >= 0.6 is 11.6 Å². The standard InChI is InChI=1S/C34H42ClFN4O5S/c1-21-9-11-28(36)31(33(42)38(3)4)40-15-7-13-34(40)20-39-14-6-5-8-23-16-25(35)18-27(34)26(23)19-45-30-12-10-24(17-29(30)39)32(41)37-46(43,44)22(21)2/h10-12,16-18,21-22,31H,5-9,13-15,19-20H2,1-4H3,(H,37,41)/b28-11-/t21-,22+,31+,34-/m0/s1. The highest BCUT2D eigenvalue weighted by molar-refractivity contribution is 7.90. The first-order valence-corrected chi connectivity index (χ1v) is 18.0. The molecule has 2 aromatic rings. The van der Waals surface area contributed by atoms with Crippen molar-refractivity contribution in [2.24, 2.45) is 5.92 Å². The molecule has 248 valence electrons. The van der Waals surface area contributed by atoms with Crippen LogP contribution in [0.1, 0.15) is 73.0 Å². The summed E-state index contributed by atoms with van der Waals surface area (Å²) in [5, 5.41) is -0.422. The number of rotatable bonds is 1. The SMILES string of the molecule is C[C@@H]1[C@@H](C)C/C=C(\F)[C@H](C(=O)N(C)C)N2CCC[C@@]23CN2CCCCc4cc(Cl)cc3c4COc3ccc(cc32)C(=O)NS1(=O)=O. The van der Waals surface area contributed by atoms with E-state index in [1.807, 2.05) is 17.0 Å². The van der Waals surface area contributed by atoms with E-state index in [9.17, 15) is 18.0 Å². The topological polar surface area (TPSA) is 99.3 Å².